The van der Waals surface area contributed by atoms with Crippen LogP contribution in [-0.2, 0) is 0 Å². The molecule has 0 saturated heterocycles. The summed E-state index contributed by atoms with van der Waals surface area (Å²) in [5.41, 5.74) is 8.68. The molecule has 5 heteroatoms. The normalized spacial score (nSPS) is 11.4. The Morgan fingerprint density at radius 1 is 1.04 bits per heavy atom. The van der Waals surface area contributed by atoms with Crippen molar-refractivity contribution in [1.82, 2.24) is 9.55 Å². The first-order valence-electron chi connectivity index (χ1n) is 8.11. The molecule has 0 unspecified atom stereocenters. The monoisotopic (exact) mass is 346 g/mol. The minimum Gasteiger partial charge on any atom is -0.320 e. The summed E-state index contributed by atoms with van der Waals surface area (Å²) in [5, 5.41) is 5.20. The van der Waals surface area contributed by atoms with Gasteiger partial charge in [-0.1, -0.05) is 41.7 Å². The van der Waals surface area contributed by atoms with Crippen LogP contribution in [0.3, 0.4) is 0 Å². The zero-order valence-electron chi connectivity index (χ0n) is 14.1. The van der Waals surface area contributed by atoms with E-state index in [1.807, 2.05) is 42.6 Å². The number of hydrogen-bond acceptors (Lipinski definition) is 4. The molecule has 4 aromatic rings. The van der Waals surface area contributed by atoms with E-state index in [1.165, 1.54) is 11.3 Å². The second-order valence-electron chi connectivity index (χ2n) is 5.87. The van der Waals surface area contributed by atoms with Crippen LogP contribution >= 0.6 is 11.3 Å². The summed E-state index contributed by atoms with van der Waals surface area (Å²) < 4.78 is 3.34. The van der Waals surface area contributed by atoms with Gasteiger partial charge < -0.3 is 4.57 Å². The maximum atomic E-state index is 4.53. The molecule has 25 heavy (non-hydrogen) atoms. The number of fused-ring (bicyclic) bond motifs is 1. The molecule has 0 atom stereocenters. The van der Waals surface area contributed by atoms with Crippen molar-refractivity contribution in [2.45, 2.75) is 13.8 Å². The summed E-state index contributed by atoms with van der Waals surface area (Å²) in [5.74, 6) is 0. The maximum absolute atomic E-state index is 4.53. The number of nitrogens with zero attached hydrogens (tertiary/aromatic N) is 3. The van der Waals surface area contributed by atoms with Gasteiger partial charge in [0.2, 0.25) is 5.13 Å². The third-order valence-corrected chi connectivity index (χ3v) is 5.12. The van der Waals surface area contributed by atoms with Gasteiger partial charge >= 0.3 is 0 Å². The fourth-order valence-electron chi connectivity index (χ4n) is 2.90. The zero-order chi connectivity index (χ0) is 17.2. The van der Waals surface area contributed by atoms with E-state index < -0.39 is 0 Å². The van der Waals surface area contributed by atoms with Crippen LogP contribution in [0.5, 0.6) is 0 Å². The van der Waals surface area contributed by atoms with Crippen LogP contribution in [0.2, 0.25) is 0 Å². The van der Waals surface area contributed by atoms with Gasteiger partial charge in [-0.25, -0.2) is 4.98 Å². The summed E-state index contributed by atoms with van der Waals surface area (Å²) in [6.45, 7) is 4.21. The van der Waals surface area contributed by atoms with Crippen LogP contribution < -0.4 is 5.43 Å². The summed E-state index contributed by atoms with van der Waals surface area (Å²) in [7, 11) is 0. The van der Waals surface area contributed by atoms with Crippen LogP contribution in [0.4, 0.5) is 5.13 Å². The number of anilines is 1. The maximum Gasteiger partial charge on any atom is 0.204 e. The van der Waals surface area contributed by atoms with Crippen molar-refractivity contribution in [3.05, 3.63) is 77.6 Å². The van der Waals surface area contributed by atoms with Gasteiger partial charge in [-0.3, -0.25) is 5.43 Å². The number of nitrogens with one attached hydrogen (secondary N) is 1. The molecule has 0 aliphatic rings. The lowest BCUT2D eigenvalue weighted by Crippen LogP contribution is -1.96. The predicted molar refractivity (Wildman–Crippen MR) is 106 cm³/mol. The van der Waals surface area contributed by atoms with Gasteiger partial charge in [0.25, 0.3) is 0 Å². The molecule has 0 amide bonds. The highest BCUT2D eigenvalue weighted by molar-refractivity contribution is 7.22. The Kier molecular flexibility index (Phi) is 4.07. The molecule has 0 aliphatic heterocycles. The SMILES string of the molecule is Cc1cn(-c2ccccc2)c(C)c1C=NNc1nc2ccccc2s1. The van der Waals surface area contributed by atoms with E-state index in [-0.39, 0.29) is 0 Å². The lowest BCUT2D eigenvalue weighted by Gasteiger charge is -2.05. The minimum absolute atomic E-state index is 0.801. The van der Waals surface area contributed by atoms with Crippen LogP contribution in [0.15, 0.2) is 65.9 Å². The zero-order valence-corrected chi connectivity index (χ0v) is 14.9. The van der Waals surface area contributed by atoms with E-state index in [9.17, 15) is 0 Å². The Morgan fingerprint density at radius 2 is 1.80 bits per heavy atom. The van der Waals surface area contributed by atoms with E-state index in [2.05, 4.69) is 58.3 Å². The van der Waals surface area contributed by atoms with Crippen LogP contribution in [0.1, 0.15) is 16.8 Å². The first kappa shape index (κ1) is 15.6. The standard InChI is InChI=1S/C20H18N4S/c1-14-13-24(16-8-4-3-5-9-16)15(2)17(14)12-21-23-20-22-18-10-6-7-11-19(18)25-20/h3-13H,1-2H3,(H,22,23). The van der Waals surface area contributed by atoms with Crippen LogP contribution in [0, 0.1) is 13.8 Å². The smallest absolute Gasteiger partial charge is 0.204 e. The van der Waals surface area contributed by atoms with Gasteiger partial charge in [-0.15, -0.1) is 0 Å². The van der Waals surface area contributed by atoms with E-state index in [0.717, 1.165) is 26.6 Å². The van der Waals surface area contributed by atoms with E-state index in [1.54, 1.807) is 11.3 Å². The largest absolute Gasteiger partial charge is 0.320 e. The molecule has 124 valence electrons. The fraction of sp³-hybridized carbons (Fsp3) is 0.100. The lowest BCUT2D eigenvalue weighted by atomic mass is 10.2. The Labute approximate surface area is 150 Å². The first-order chi connectivity index (χ1) is 12.2. The number of hydrogen-bond donors (Lipinski definition) is 1. The fourth-order valence-corrected chi connectivity index (χ4v) is 3.71. The van der Waals surface area contributed by atoms with Gasteiger partial charge in [-0.2, -0.15) is 5.10 Å². The highest BCUT2D eigenvalue weighted by atomic mass is 32.1. The van der Waals surface area contributed by atoms with E-state index in [0.29, 0.717) is 0 Å². The molecule has 2 aromatic heterocycles. The number of thiazole rings is 1. The lowest BCUT2D eigenvalue weighted by molar-refractivity contribution is 1.01. The summed E-state index contributed by atoms with van der Waals surface area (Å²) in [6.07, 6.45) is 4.01. The molecule has 0 saturated carbocycles. The van der Waals surface area contributed by atoms with Crippen molar-refractivity contribution < 1.29 is 0 Å². The number of rotatable bonds is 4. The van der Waals surface area contributed by atoms with Crippen LogP contribution in [0.25, 0.3) is 15.9 Å². The predicted octanol–water partition coefficient (Wildman–Crippen LogP) is 5.15. The molecule has 0 spiro atoms. The number of hydrazone groups is 1. The molecule has 0 radical (unpaired) electrons. The Balaban J connectivity index is 1.58. The average molecular weight is 346 g/mol. The van der Waals surface area contributed by atoms with Crippen molar-refractivity contribution in [1.29, 1.82) is 0 Å². The van der Waals surface area contributed by atoms with Gasteiger partial charge in [-0.05, 0) is 43.7 Å². The molecule has 1 N–H and O–H groups in total. The molecule has 2 aromatic carbocycles. The van der Waals surface area contributed by atoms with Crippen molar-refractivity contribution in [2.24, 2.45) is 5.10 Å². The summed E-state index contributed by atoms with van der Waals surface area (Å²) in [4.78, 5) is 4.53. The number of aromatic nitrogens is 2. The number of para-hydroxylation sites is 2. The molecule has 2 heterocycles. The van der Waals surface area contributed by atoms with Crippen molar-refractivity contribution in [3.8, 4) is 5.69 Å². The van der Waals surface area contributed by atoms with Crippen molar-refractivity contribution in [2.75, 3.05) is 5.43 Å². The minimum atomic E-state index is 0.801. The first-order valence-corrected chi connectivity index (χ1v) is 8.92. The highest BCUT2D eigenvalue weighted by Gasteiger charge is 2.09. The quantitative estimate of drug-likeness (QED) is 0.410. The number of aryl methyl sites for hydroxylation is 1. The van der Waals surface area contributed by atoms with E-state index in [4.69, 9.17) is 0 Å². The van der Waals surface area contributed by atoms with Crippen molar-refractivity contribution in [3.63, 3.8) is 0 Å². The molecule has 4 rings (SSSR count). The van der Waals surface area contributed by atoms with E-state index >= 15 is 0 Å². The van der Waals surface area contributed by atoms with Gasteiger partial charge in [0.15, 0.2) is 0 Å². The molecular formula is C20H18N4S. The Hall–Kier alpha value is -2.92. The Bertz CT molecular complexity index is 1010. The topological polar surface area (TPSA) is 42.2 Å². The molecular weight excluding hydrogens is 328 g/mol. The third kappa shape index (κ3) is 3.06. The third-order valence-electron chi connectivity index (χ3n) is 4.18. The summed E-state index contributed by atoms with van der Waals surface area (Å²) >= 11 is 1.60. The van der Waals surface area contributed by atoms with Gasteiger partial charge in [0.05, 0.1) is 16.4 Å². The average Bonchev–Trinajstić information content (AvgIpc) is 3.17. The molecule has 0 fully saturated rings. The number of benzene rings is 2. The highest BCUT2D eigenvalue weighted by Crippen LogP contribution is 2.25. The second kappa shape index (κ2) is 6.53. The Morgan fingerprint density at radius 3 is 2.60 bits per heavy atom. The molecule has 0 aliphatic carbocycles. The van der Waals surface area contributed by atoms with Crippen LogP contribution in [-0.4, -0.2) is 15.8 Å². The van der Waals surface area contributed by atoms with Gasteiger partial charge in [0.1, 0.15) is 0 Å². The van der Waals surface area contributed by atoms with Crippen molar-refractivity contribution >= 4 is 32.9 Å². The molecule has 0 bridgehead atoms. The van der Waals surface area contributed by atoms with Gasteiger partial charge in [0, 0.05) is 23.1 Å². The second-order valence-corrected chi connectivity index (χ2v) is 6.90. The summed E-state index contributed by atoms with van der Waals surface area (Å²) in [6, 6.07) is 18.4. The molecule has 4 nitrogen and oxygen atoms in total.